The van der Waals surface area contributed by atoms with Gasteiger partial charge in [-0.3, -0.25) is 4.79 Å². The summed E-state index contributed by atoms with van der Waals surface area (Å²) in [5.74, 6) is 0.137. The number of fused-ring (bicyclic) bond motifs is 1. The molecule has 1 aliphatic rings. The fourth-order valence-corrected chi connectivity index (χ4v) is 2.57. The van der Waals surface area contributed by atoms with E-state index in [2.05, 4.69) is 36.6 Å². The summed E-state index contributed by atoms with van der Waals surface area (Å²) < 4.78 is 0. The molecular weight excluding hydrogens is 236 g/mol. The van der Waals surface area contributed by atoms with E-state index in [0.717, 1.165) is 19.4 Å². The molecule has 1 unspecified atom stereocenters. The maximum Gasteiger partial charge on any atom is 0.237 e. The van der Waals surface area contributed by atoms with E-state index in [1.807, 2.05) is 12.1 Å². The number of rotatable bonds is 5. The van der Waals surface area contributed by atoms with E-state index in [9.17, 15) is 4.79 Å². The molecule has 3 nitrogen and oxygen atoms in total. The second-order valence-corrected chi connectivity index (χ2v) is 5.46. The van der Waals surface area contributed by atoms with E-state index in [0.29, 0.717) is 0 Å². The summed E-state index contributed by atoms with van der Waals surface area (Å²) in [6, 6.07) is 8.53. The van der Waals surface area contributed by atoms with Crippen molar-refractivity contribution in [3.63, 3.8) is 0 Å². The Morgan fingerprint density at radius 2 is 2.16 bits per heavy atom. The molecule has 0 fully saturated rings. The smallest absolute Gasteiger partial charge is 0.237 e. The zero-order valence-corrected chi connectivity index (χ0v) is 11.9. The Bertz CT molecular complexity index is 431. The Labute approximate surface area is 115 Å². The molecular formula is C16H24N2O. The van der Waals surface area contributed by atoms with Crippen LogP contribution in [0.2, 0.25) is 0 Å². The Balaban J connectivity index is 1.88. The number of benzene rings is 1. The lowest BCUT2D eigenvalue weighted by atomic mass is 9.95. The fraction of sp³-hybridized carbons (Fsp3) is 0.562. The van der Waals surface area contributed by atoms with Gasteiger partial charge >= 0.3 is 0 Å². The van der Waals surface area contributed by atoms with E-state index in [1.54, 1.807) is 0 Å². The average molecular weight is 260 g/mol. The monoisotopic (exact) mass is 260 g/mol. The van der Waals surface area contributed by atoms with Crippen LogP contribution in [-0.2, 0) is 17.8 Å². The maximum absolute atomic E-state index is 12.2. The second-order valence-electron chi connectivity index (χ2n) is 5.46. The minimum atomic E-state index is -0.0843. The molecule has 3 heteroatoms. The topological polar surface area (TPSA) is 41.1 Å². The van der Waals surface area contributed by atoms with Gasteiger partial charge in [0.25, 0.3) is 0 Å². The molecule has 2 N–H and O–H groups in total. The third-order valence-corrected chi connectivity index (χ3v) is 3.78. The standard InChI is InChI=1S/C16H24N2O/c1-3-4-7-12(2)18-16(19)15-10-13-8-5-6-9-14(13)11-17-15/h5-6,8-9,12,15,17H,3-4,7,10-11H2,1-2H3,(H,18,19)/t12?,15-/m0/s1. The highest BCUT2D eigenvalue weighted by Crippen LogP contribution is 2.16. The van der Waals surface area contributed by atoms with Crippen molar-refractivity contribution in [3.05, 3.63) is 35.4 Å². The lowest BCUT2D eigenvalue weighted by Crippen LogP contribution is -2.49. The number of carbonyl (C=O) groups is 1. The van der Waals surface area contributed by atoms with Crippen LogP contribution in [-0.4, -0.2) is 18.0 Å². The first-order valence-corrected chi connectivity index (χ1v) is 7.31. The predicted molar refractivity (Wildman–Crippen MR) is 77.9 cm³/mol. The molecule has 1 aromatic carbocycles. The molecule has 1 aliphatic heterocycles. The third kappa shape index (κ3) is 3.80. The molecule has 1 amide bonds. The third-order valence-electron chi connectivity index (χ3n) is 3.78. The summed E-state index contributed by atoms with van der Waals surface area (Å²) in [4.78, 5) is 12.2. The molecule has 0 radical (unpaired) electrons. The normalized spacial score (nSPS) is 19.6. The molecule has 0 bridgehead atoms. The lowest BCUT2D eigenvalue weighted by Gasteiger charge is -2.26. The average Bonchev–Trinajstić information content (AvgIpc) is 2.44. The van der Waals surface area contributed by atoms with Gasteiger partial charge in [-0.05, 0) is 30.9 Å². The first-order valence-electron chi connectivity index (χ1n) is 7.31. The van der Waals surface area contributed by atoms with Gasteiger partial charge in [0.2, 0.25) is 5.91 Å². The van der Waals surface area contributed by atoms with Crippen molar-refractivity contribution in [2.45, 2.75) is 58.2 Å². The van der Waals surface area contributed by atoms with Crippen molar-refractivity contribution < 1.29 is 4.79 Å². The maximum atomic E-state index is 12.2. The number of nitrogens with one attached hydrogen (secondary N) is 2. The zero-order valence-electron chi connectivity index (χ0n) is 11.9. The van der Waals surface area contributed by atoms with Crippen LogP contribution in [0.25, 0.3) is 0 Å². The molecule has 2 atom stereocenters. The van der Waals surface area contributed by atoms with Crippen molar-refractivity contribution in [1.82, 2.24) is 10.6 Å². The van der Waals surface area contributed by atoms with E-state index in [-0.39, 0.29) is 18.0 Å². The summed E-state index contributed by atoms with van der Waals surface area (Å²) in [5, 5.41) is 6.44. The Morgan fingerprint density at radius 3 is 2.89 bits per heavy atom. The molecule has 0 saturated heterocycles. The molecule has 0 aromatic heterocycles. The zero-order chi connectivity index (χ0) is 13.7. The van der Waals surface area contributed by atoms with Gasteiger partial charge in [0.1, 0.15) is 0 Å². The van der Waals surface area contributed by atoms with Crippen LogP contribution in [0.4, 0.5) is 0 Å². The Morgan fingerprint density at radius 1 is 1.42 bits per heavy atom. The highest BCUT2D eigenvalue weighted by atomic mass is 16.2. The van der Waals surface area contributed by atoms with Crippen molar-refractivity contribution in [2.24, 2.45) is 0 Å². The first-order chi connectivity index (χ1) is 9.20. The molecule has 0 spiro atoms. The van der Waals surface area contributed by atoms with Crippen LogP contribution in [0.3, 0.4) is 0 Å². The van der Waals surface area contributed by atoms with Gasteiger partial charge in [0, 0.05) is 12.6 Å². The van der Waals surface area contributed by atoms with Gasteiger partial charge in [-0.25, -0.2) is 0 Å². The number of unbranched alkanes of at least 4 members (excludes halogenated alkanes) is 1. The second kappa shape index (κ2) is 6.71. The molecule has 0 saturated carbocycles. The first kappa shape index (κ1) is 14.1. The number of hydrogen-bond acceptors (Lipinski definition) is 2. The van der Waals surface area contributed by atoms with Gasteiger partial charge in [-0.2, -0.15) is 0 Å². The van der Waals surface area contributed by atoms with Crippen molar-refractivity contribution in [1.29, 1.82) is 0 Å². The highest BCUT2D eigenvalue weighted by molar-refractivity contribution is 5.82. The molecule has 1 aromatic rings. The summed E-state index contributed by atoms with van der Waals surface area (Å²) in [5.41, 5.74) is 2.60. The molecule has 2 rings (SSSR count). The summed E-state index contributed by atoms with van der Waals surface area (Å²) in [7, 11) is 0. The summed E-state index contributed by atoms with van der Waals surface area (Å²) in [6.07, 6.45) is 4.20. The van der Waals surface area contributed by atoms with Crippen LogP contribution in [0.1, 0.15) is 44.2 Å². The van der Waals surface area contributed by atoms with Crippen LogP contribution in [0.5, 0.6) is 0 Å². The fourth-order valence-electron chi connectivity index (χ4n) is 2.57. The lowest BCUT2D eigenvalue weighted by molar-refractivity contribution is -0.124. The largest absolute Gasteiger partial charge is 0.352 e. The van der Waals surface area contributed by atoms with Gasteiger partial charge in [0.05, 0.1) is 6.04 Å². The van der Waals surface area contributed by atoms with Crippen LogP contribution >= 0.6 is 0 Å². The number of carbonyl (C=O) groups excluding carboxylic acids is 1. The van der Waals surface area contributed by atoms with Crippen LogP contribution < -0.4 is 10.6 Å². The number of hydrogen-bond donors (Lipinski definition) is 2. The quantitative estimate of drug-likeness (QED) is 0.853. The molecule has 104 valence electrons. The Kier molecular flexibility index (Phi) is 4.97. The predicted octanol–water partition coefficient (Wildman–Crippen LogP) is 2.40. The molecule has 1 heterocycles. The Hall–Kier alpha value is -1.35. The minimum Gasteiger partial charge on any atom is -0.352 e. The van der Waals surface area contributed by atoms with Crippen LogP contribution in [0.15, 0.2) is 24.3 Å². The summed E-state index contributed by atoms with van der Waals surface area (Å²) >= 11 is 0. The van der Waals surface area contributed by atoms with Crippen molar-refractivity contribution in [3.8, 4) is 0 Å². The highest BCUT2D eigenvalue weighted by Gasteiger charge is 2.24. The number of amides is 1. The van der Waals surface area contributed by atoms with Crippen molar-refractivity contribution >= 4 is 5.91 Å². The SMILES string of the molecule is CCCCC(C)NC(=O)[C@@H]1Cc2ccccc2CN1. The van der Waals surface area contributed by atoms with E-state index >= 15 is 0 Å². The van der Waals surface area contributed by atoms with E-state index < -0.39 is 0 Å². The minimum absolute atomic E-state index is 0.0843. The van der Waals surface area contributed by atoms with E-state index in [1.165, 1.54) is 24.0 Å². The van der Waals surface area contributed by atoms with Gasteiger partial charge in [0.15, 0.2) is 0 Å². The van der Waals surface area contributed by atoms with Gasteiger partial charge < -0.3 is 10.6 Å². The molecule has 0 aliphatic carbocycles. The van der Waals surface area contributed by atoms with Crippen molar-refractivity contribution in [2.75, 3.05) is 0 Å². The van der Waals surface area contributed by atoms with E-state index in [4.69, 9.17) is 0 Å². The van der Waals surface area contributed by atoms with Crippen LogP contribution in [0, 0.1) is 0 Å². The summed E-state index contributed by atoms with van der Waals surface area (Å²) in [6.45, 7) is 5.05. The molecule has 19 heavy (non-hydrogen) atoms. The van der Waals surface area contributed by atoms with Gasteiger partial charge in [-0.1, -0.05) is 44.0 Å². The van der Waals surface area contributed by atoms with Gasteiger partial charge in [-0.15, -0.1) is 0 Å².